The van der Waals surface area contributed by atoms with Crippen LogP contribution in [0.2, 0.25) is 0 Å². The van der Waals surface area contributed by atoms with Crippen LogP contribution in [0.4, 0.5) is 0 Å². The summed E-state index contributed by atoms with van der Waals surface area (Å²) in [5.74, 6) is -0.253. The maximum atomic E-state index is 12.8. The van der Waals surface area contributed by atoms with Crippen LogP contribution in [0.5, 0.6) is 0 Å². The van der Waals surface area contributed by atoms with Crippen molar-refractivity contribution in [3.8, 4) is 22.4 Å². The fourth-order valence-electron chi connectivity index (χ4n) is 3.98. The second-order valence-electron chi connectivity index (χ2n) is 8.73. The molecule has 1 aromatic heterocycles. The largest absolute Gasteiger partial charge is 0.346 e. The van der Waals surface area contributed by atoms with Crippen LogP contribution in [0, 0.1) is 5.41 Å². The van der Waals surface area contributed by atoms with Crippen molar-refractivity contribution in [2.45, 2.75) is 31.8 Å². The van der Waals surface area contributed by atoms with E-state index in [1.807, 2.05) is 72.8 Å². The van der Waals surface area contributed by atoms with Gasteiger partial charge in [0.25, 0.3) is 0 Å². The third-order valence-electron chi connectivity index (χ3n) is 6.05. The molecule has 0 saturated heterocycles. The fraction of sp³-hybridized carbons (Fsp3) is 0.167. The second-order valence-corrected chi connectivity index (χ2v) is 8.73. The van der Waals surface area contributed by atoms with Crippen LogP contribution in [0.3, 0.4) is 0 Å². The van der Waals surface area contributed by atoms with Crippen LogP contribution in [-0.2, 0) is 17.6 Å². The number of carbonyl (C=O) groups is 1. The molecule has 2 atom stereocenters. The van der Waals surface area contributed by atoms with Gasteiger partial charge in [0.15, 0.2) is 0 Å². The van der Waals surface area contributed by atoms with Crippen LogP contribution < -0.4 is 11.1 Å². The van der Waals surface area contributed by atoms with Crippen molar-refractivity contribution in [3.05, 3.63) is 114 Å². The summed E-state index contributed by atoms with van der Waals surface area (Å²) in [5.41, 5.74) is 12.9. The van der Waals surface area contributed by atoms with Gasteiger partial charge in [-0.2, -0.15) is 0 Å². The van der Waals surface area contributed by atoms with Gasteiger partial charge >= 0.3 is 0 Å². The number of rotatable bonds is 9. The Morgan fingerprint density at radius 1 is 0.800 bits per heavy atom. The molecule has 0 bridgehead atoms. The monoisotopic (exact) mass is 462 g/mol. The highest BCUT2D eigenvalue weighted by atomic mass is 16.2. The summed E-state index contributed by atoms with van der Waals surface area (Å²) in [4.78, 5) is 17.2. The van der Waals surface area contributed by atoms with E-state index in [0.29, 0.717) is 18.6 Å². The Morgan fingerprint density at radius 2 is 1.37 bits per heavy atom. The minimum atomic E-state index is -0.696. The van der Waals surface area contributed by atoms with E-state index >= 15 is 0 Å². The van der Waals surface area contributed by atoms with Gasteiger partial charge < -0.3 is 16.5 Å². The smallest absolute Gasteiger partial charge is 0.237 e. The molecular formula is C30H30N4O. The van der Waals surface area contributed by atoms with E-state index < -0.39 is 12.1 Å². The third-order valence-corrected chi connectivity index (χ3v) is 6.05. The molecule has 3 aromatic carbocycles. The van der Waals surface area contributed by atoms with Crippen LogP contribution >= 0.6 is 0 Å². The molecule has 0 spiro atoms. The first kappa shape index (κ1) is 24.0. The van der Waals surface area contributed by atoms with Crippen molar-refractivity contribution in [1.82, 2.24) is 10.3 Å². The number of benzene rings is 3. The Labute approximate surface area is 206 Å². The summed E-state index contributed by atoms with van der Waals surface area (Å²) in [5, 5.41) is 11.1. The van der Waals surface area contributed by atoms with Gasteiger partial charge in [0.2, 0.25) is 5.91 Å². The molecule has 0 saturated carbocycles. The van der Waals surface area contributed by atoms with E-state index in [-0.39, 0.29) is 5.91 Å². The van der Waals surface area contributed by atoms with Gasteiger partial charge in [-0.25, -0.2) is 0 Å². The molecule has 0 aliphatic heterocycles. The molecule has 176 valence electrons. The fourth-order valence-corrected chi connectivity index (χ4v) is 3.98. The lowest BCUT2D eigenvalue weighted by Crippen LogP contribution is -2.49. The van der Waals surface area contributed by atoms with Gasteiger partial charge in [-0.05, 0) is 54.2 Å². The molecule has 4 N–H and O–H groups in total. The first-order valence-electron chi connectivity index (χ1n) is 11.8. The van der Waals surface area contributed by atoms with Gasteiger partial charge in [-0.1, -0.05) is 84.9 Å². The highest BCUT2D eigenvalue weighted by Crippen LogP contribution is 2.20. The summed E-state index contributed by atoms with van der Waals surface area (Å²) in [7, 11) is 0. The lowest BCUT2D eigenvalue weighted by atomic mass is 9.98. The molecule has 4 aromatic rings. The van der Waals surface area contributed by atoms with Gasteiger partial charge in [-0.15, -0.1) is 0 Å². The maximum absolute atomic E-state index is 12.8. The SMILES string of the molecule is CC(=N)C(Cc1ccc(-c2ccccc2)cc1)NC(=O)C(N)Cc1ccc(-c2ccccn2)cc1. The lowest BCUT2D eigenvalue weighted by Gasteiger charge is -2.21. The first-order valence-corrected chi connectivity index (χ1v) is 11.8. The highest BCUT2D eigenvalue weighted by molar-refractivity contribution is 5.91. The maximum Gasteiger partial charge on any atom is 0.237 e. The molecule has 35 heavy (non-hydrogen) atoms. The minimum absolute atomic E-state index is 0.253. The molecule has 2 unspecified atom stereocenters. The Balaban J connectivity index is 1.35. The zero-order valence-electron chi connectivity index (χ0n) is 19.8. The second kappa shape index (κ2) is 11.4. The van der Waals surface area contributed by atoms with E-state index in [9.17, 15) is 4.79 Å². The number of amides is 1. The van der Waals surface area contributed by atoms with E-state index in [1.165, 1.54) is 0 Å². The summed E-state index contributed by atoms with van der Waals surface area (Å²) >= 11 is 0. The quantitative estimate of drug-likeness (QED) is 0.304. The number of nitrogens with one attached hydrogen (secondary N) is 2. The average Bonchev–Trinajstić information content (AvgIpc) is 2.90. The van der Waals surface area contributed by atoms with Crippen molar-refractivity contribution < 1.29 is 4.79 Å². The van der Waals surface area contributed by atoms with Crippen molar-refractivity contribution in [2.24, 2.45) is 5.73 Å². The van der Waals surface area contributed by atoms with E-state index in [4.69, 9.17) is 11.1 Å². The Bertz CT molecular complexity index is 1250. The first-order chi connectivity index (χ1) is 17.0. The molecule has 5 nitrogen and oxygen atoms in total. The molecular weight excluding hydrogens is 432 g/mol. The zero-order valence-corrected chi connectivity index (χ0v) is 19.8. The van der Waals surface area contributed by atoms with Crippen molar-refractivity contribution >= 4 is 11.6 Å². The number of hydrogen-bond acceptors (Lipinski definition) is 4. The van der Waals surface area contributed by atoms with E-state index in [1.54, 1.807) is 13.1 Å². The highest BCUT2D eigenvalue weighted by Gasteiger charge is 2.20. The van der Waals surface area contributed by atoms with Gasteiger partial charge in [-0.3, -0.25) is 9.78 Å². The normalized spacial score (nSPS) is 12.5. The Kier molecular flexibility index (Phi) is 7.81. The summed E-state index contributed by atoms with van der Waals surface area (Å²) in [6, 6.07) is 31.1. The number of aromatic nitrogens is 1. The predicted molar refractivity (Wildman–Crippen MR) is 142 cm³/mol. The number of carbonyl (C=O) groups excluding carboxylic acids is 1. The summed E-state index contributed by atoms with van der Waals surface area (Å²) in [6.07, 6.45) is 2.73. The van der Waals surface area contributed by atoms with Gasteiger partial charge in [0.05, 0.1) is 17.8 Å². The third kappa shape index (κ3) is 6.49. The Morgan fingerprint density at radius 3 is 1.97 bits per heavy atom. The summed E-state index contributed by atoms with van der Waals surface area (Å²) in [6.45, 7) is 1.71. The van der Waals surface area contributed by atoms with Crippen LogP contribution in [0.25, 0.3) is 22.4 Å². The van der Waals surface area contributed by atoms with Gasteiger partial charge in [0, 0.05) is 17.5 Å². The van der Waals surface area contributed by atoms with Crippen molar-refractivity contribution in [3.63, 3.8) is 0 Å². The predicted octanol–water partition coefficient (Wildman–Crippen LogP) is 5.05. The molecule has 0 fully saturated rings. The molecule has 0 aliphatic rings. The van der Waals surface area contributed by atoms with Crippen LogP contribution in [0.1, 0.15) is 18.1 Å². The molecule has 1 heterocycles. The number of nitrogens with two attached hydrogens (primary N) is 1. The van der Waals surface area contributed by atoms with Crippen LogP contribution in [-0.4, -0.2) is 28.7 Å². The molecule has 5 heteroatoms. The topological polar surface area (TPSA) is 91.9 Å². The molecule has 4 rings (SSSR count). The zero-order chi connectivity index (χ0) is 24.6. The van der Waals surface area contributed by atoms with E-state index in [0.717, 1.165) is 33.5 Å². The lowest BCUT2D eigenvalue weighted by molar-refractivity contribution is -0.122. The number of pyridine rings is 1. The number of nitrogens with zero attached hydrogens (tertiary/aromatic N) is 1. The van der Waals surface area contributed by atoms with Gasteiger partial charge in [0.1, 0.15) is 0 Å². The van der Waals surface area contributed by atoms with E-state index in [2.05, 4.69) is 34.6 Å². The molecule has 0 aliphatic carbocycles. The minimum Gasteiger partial charge on any atom is -0.346 e. The van der Waals surface area contributed by atoms with Crippen molar-refractivity contribution in [2.75, 3.05) is 0 Å². The van der Waals surface area contributed by atoms with Crippen LogP contribution in [0.15, 0.2) is 103 Å². The van der Waals surface area contributed by atoms with Crippen molar-refractivity contribution in [1.29, 1.82) is 5.41 Å². The molecule has 1 amide bonds. The summed E-state index contributed by atoms with van der Waals surface area (Å²) < 4.78 is 0. The average molecular weight is 463 g/mol. The standard InChI is InChI=1S/C30H30N4O/c1-21(31)29(20-23-10-14-25(15-11-23)24-7-3-2-4-8-24)34-30(35)27(32)19-22-12-16-26(17-13-22)28-9-5-6-18-33-28/h2-18,27,29,31H,19-20,32H2,1H3,(H,34,35). The molecule has 0 radical (unpaired) electrons. The Hall–Kier alpha value is -4.09. The number of hydrogen-bond donors (Lipinski definition) is 3.